The van der Waals surface area contributed by atoms with Crippen LogP contribution < -0.4 is 73.9 Å². The number of amides is 15. The molecule has 38 heteroatoms. The molecule has 0 bridgehead atoms. The predicted molar refractivity (Wildman–Crippen MR) is 503 cm³/mol. The summed E-state index contributed by atoms with van der Waals surface area (Å²) in [7, 11) is 0. The van der Waals surface area contributed by atoms with Crippen LogP contribution in [-0.2, 0) is 100 Å². The van der Waals surface area contributed by atoms with Crippen molar-refractivity contribution in [3.63, 3.8) is 0 Å². The average Bonchev–Trinajstić information content (AvgIpc) is 0.930. The normalized spacial score (nSPS) is 25.3. The summed E-state index contributed by atoms with van der Waals surface area (Å²) in [5, 5.41) is 37.5. The molecule has 4 saturated heterocycles. The van der Waals surface area contributed by atoms with Gasteiger partial charge in [0.1, 0.15) is 24.4 Å². The summed E-state index contributed by atoms with van der Waals surface area (Å²) >= 11 is 0. The van der Waals surface area contributed by atoms with E-state index in [9.17, 15) is 71.9 Å². The molecule has 762 valence electrons. The molecule has 20 unspecified atom stereocenters. The Morgan fingerprint density at radius 3 is 1.13 bits per heavy atom. The highest BCUT2D eigenvalue weighted by atomic mass is 16.7. The zero-order chi connectivity index (χ0) is 99.1. The molecule has 0 spiro atoms. The second-order valence-corrected chi connectivity index (χ2v) is 36.7. The fourth-order valence-corrected chi connectivity index (χ4v) is 17.7. The molecule has 0 saturated carbocycles. The first-order valence-corrected chi connectivity index (χ1v) is 49.5. The standard InChI is InChI=1S/C97H160N14O24/c1-16-72-55-59(5)86(105-66(12)112)94(132-72)131-53-41-83(120)110-75(34-23-28-43-99-80(117)37-25-31-51-129-96-88(107-68(14)114)64(10)61(7)77(18-3)134-96)93(126)104-47-45-102-91(124)71-56-70(57-73(58-71)127-54-48-100-81(118)35-21-20-29-49-111-84(121)39-40-85(111)122)90(123)101-44-46-103-92(125)74(109-82(119)38-26-32-52-130-97-89(108-69(15)115)65(11)62(8)78(19-4)135-97)33-22-27-42-98-79(116)36-24-30-50-128-95-87(106-67(13)113)63(9)60(6)76(17-2)133-95/h39-40,56-65,72,74-78,86-89,94-97H,16-38,41-55H2,1-15H3,(H,98,116)(H,99,117)(H,100,118)(H,101,123)(H,102,124)(H,103,125)(H,104,126)(H,105,112)(H,106,113)(H,107,114)(H,108,115)(H,109,119)(H,110,120)/t59?,60?,61?,62?,63?,64?,65?,72?,74?,75-,76?,77?,78?,86?,87?,88?,89?,94?,95?,96?,97?/m0/s1. The van der Waals surface area contributed by atoms with Crippen LogP contribution in [0.3, 0.4) is 0 Å². The van der Waals surface area contributed by atoms with Crippen LogP contribution in [0.4, 0.5) is 0 Å². The highest BCUT2D eigenvalue weighted by Crippen LogP contribution is 2.37. The van der Waals surface area contributed by atoms with Gasteiger partial charge < -0.3 is 112 Å². The molecule has 38 nitrogen and oxygen atoms in total. The van der Waals surface area contributed by atoms with E-state index in [1.165, 1.54) is 58.0 Å². The summed E-state index contributed by atoms with van der Waals surface area (Å²) in [4.78, 5) is 197. The van der Waals surface area contributed by atoms with Gasteiger partial charge in [-0.2, -0.15) is 0 Å². The van der Waals surface area contributed by atoms with Gasteiger partial charge in [-0.25, -0.2) is 0 Å². The number of carbonyl (C=O) groups excluding carboxylic acids is 15. The van der Waals surface area contributed by atoms with Crippen molar-refractivity contribution < 1.29 is 115 Å². The van der Waals surface area contributed by atoms with Gasteiger partial charge >= 0.3 is 0 Å². The van der Waals surface area contributed by atoms with Crippen molar-refractivity contribution in [2.75, 3.05) is 85.4 Å². The lowest BCUT2D eigenvalue weighted by molar-refractivity contribution is -0.236. The topological polar surface area (TPSA) is 499 Å². The summed E-state index contributed by atoms with van der Waals surface area (Å²) in [5.41, 5.74) is -0.0603. The molecule has 5 aliphatic heterocycles. The molecular formula is C97H160N14O24. The maximum absolute atomic E-state index is 14.2. The second kappa shape index (κ2) is 61.8. The third-order valence-corrected chi connectivity index (χ3v) is 26.1. The van der Waals surface area contributed by atoms with Gasteiger partial charge in [0.15, 0.2) is 25.2 Å². The van der Waals surface area contributed by atoms with E-state index in [4.69, 9.17) is 42.6 Å². The van der Waals surface area contributed by atoms with Gasteiger partial charge in [0, 0.05) is 142 Å². The van der Waals surface area contributed by atoms with Crippen LogP contribution in [0.15, 0.2) is 30.4 Å². The van der Waals surface area contributed by atoms with Crippen molar-refractivity contribution in [1.29, 1.82) is 0 Å². The Morgan fingerprint density at radius 1 is 0.363 bits per heavy atom. The van der Waals surface area contributed by atoms with Crippen LogP contribution in [-0.4, -0.2) is 265 Å². The molecule has 0 radical (unpaired) electrons. The van der Waals surface area contributed by atoms with Crippen molar-refractivity contribution in [2.45, 2.75) is 350 Å². The molecule has 15 amide bonds. The van der Waals surface area contributed by atoms with Crippen LogP contribution in [0.25, 0.3) is 0 Å². The lowest BCUT2D eigenvalue weighted by Crippen LogP contribution is -2.57. The number of benzene rings is 1. The summed E-state index contributed by atoms with van der Waals surface area (Å²) < 4.78 is 55.7. The van der Waals surface area contributed by atoms with Crippen LogP contribution in [0, 0.1) is 41.4 Å². The number of nitrogens with zero attached hydrogens (tertiary/aromatic N) is 1. The Labute approximate surface area is 797 Å². The van der Waals surface area contributed by atoms with Crippen molar-refractivity contribution in [2.24, 2.45) is 41.4 Å². The molecule has 4 fully saturated rings. The third-order valence-electron chi connectivity index (χ3n) is 26.1. The smallest absolute Gasteiger partial charge is 0.253 e. The molecule has 5 heterocycles. The lowest BCUT2D eigenvalue weighted by atomic mass is 9.81. The fourth-order valence-electron chi connectivity index (χ4n) is 17.7. The van der Waals surface area contributed by atoms with Crippen LogP contribution in [0.1, 0.15) is 285 Å². The molecule has 0 aliphatic carbocycles. The monoisotopic (exact) mass is 1910 g/mol. The van der Waals surface area contributed by atoms with Gasteiger partial charge in [0.05, 0.1) is 68.2 Å². The van der Waals surface area contributed by atoms with Gasteiger partial charge in [-0.3, -0.25) is 76.8 Å². The number of rotatable bonds is 62. The molecule has 13 N–H and O–H groups in total. The number of hydrogen-bond acceptors (Lipinski definition) is 24. The van der Waals surface area contributed by atoms with Crippen LogP contribution in [0.5, 0.6) is 5.75 Å². The Bertz CT molecular complexity index is 3950. The maximum atomic E-state index is 14.2. The third kappa shape index (κ3) is 40.7. The minimum absolute atomic E-state index is 0.0180. The molecule has 21 atom stereocenters. The second-order valence-electron chi connectivity index (χ2n) is 36.7. The van der Waals surface area contributed by atoms with Crippen molar-refractivity contribution in [3.8, 4) is 5.75 Å². The average molecular weight is 1910 g/mol. The molecular weight excluding hydrogens is 1750 g/mol. The summed E-state index contributed by atoms with van der Waals surface area (Å²) in [5.74, 6) is -4.53. The van der Waals surface area contributed by atoms with Gasteiger partial charge in [-0.15, -0.1) is 0 Å². The number of nitrogens with one attached hydrogen (secondary N) is 13. The maximum Gasteiger partial charge on any atom is 0.253 e. The SMILES string of the molecule is CCC1CC(C)C(NC(C)=O)C(OCCC(=O)N[C@@H](CCCCNC(=O)CCCCOC2OC(CC)C(C)C(C)C2NC(C)=O)C(=O)NCCNC(=O)c2cc(OCCNC(=O)CCCCCN3C(=O)C=CC3=O)cc(C(=O)NCCNC(=O)C(CCCCNC(=O)CCCCOC3OC(CC)C(C)C(C)C3NC(C)=O)NC(=O)CCCCOC3OC(CC)C(C)C(C)C3NC(C)=O)c2)O1. The quantitative estimate of drug-likeness (QED) is 0.0252. The first-order valence-electron chi connectivity index (χ1n) is 49.5. The molecule has 0 aromatic heterocycles. The highest BCUT2D eigenvalue weighted by Gasteiger charge is 2.46. The Balaban J connectivity index is 1.07. The van der Waals surface area contributed by atoms with Gasteiger partial charge in [0.2, 0.25) is 65.0 Å². The zero-order valence-corrected chi connectivity index (χ0v) is 82.6. The Kier molecular flexibility index (Phi) is 52.4. The Morgan fingerprint density at radius 2 is 0.726 bits per heavy atom. The summed E-state index contributed by atoms with van der Waals surface area (Å²) in [6, 6.07) is 0.570. The largest absolute Gasteiger partial charge is 0.492 e. The number of unbranched alkanes of at least 4 members (excludes halogenated alkanes) is 7. The number of imide groups is 1. The zero-order valence-electron chi connectivity index (χ0n) is 82.6. The van der Waals surface area contributed by atoms with Gasteiger partial charge in [-0.1, -0.05) is 82.6 Å². The molecule has 135 heavy (non-hydrogen) atoms. The van der Waals surface area contributed by atoms with Crippen molar-refractivity contribution in [1.82, 2.24) is 74.0 Å². The van der Waals surface area contributed by atoms with Gasteiger partial charge in [-0.05, 0) is 182 Å². The lowest BCUT2D eigenvalue weighted by Gasteiger charge is -2.44. The van der Waals surface area contributed by atoms with E-state index in [0.29, 0.717) is 116 Å². The first-order chi connectivity index (χ1) is 64.6. The minimum Gasteiger partial charge on any atom is -0.492 e. The molecule has 1 aromatic carbocycles. The van der Waals surface area contributed by atoms with Crippen LogP contribution >= 0.6 is 0 Å². The van der Waals surface area contributed by atoms with Gasteiger partial charge in [0.25, 0.3) is 23.6 Å². The van der Waals surface area contributed by atoms with E-state index in [1.807, 2.05) is 20.8 Å². The first kappa shape index (κ1) is 114. The van der Waals surface area contributed by atoms with E-state index in [2.05, 4.69) is 125 Å². The molecule has 6 rings (SSSR count). The van der Waals surface area contributed by atoms with E-state index in [0.717, 1.165) is 24.2 Å². The number of hydrogen-bond donors (Lipinski definition) is 13. The molecule has 1 aromatic rings. The predicted octanol–water partition coefficient (Wildman–Crippen LogP) is 6.27. The summed E-state index contributed by atoms with van der Waals surface area (Å²) in [6.07, 6.45) is 10.5. The van der Waals surface area contributed by atoms with Crippen LogP contribution in [0.2, 0.25) is 0 Å². The van der Waals surface area contributed by atoms with Crippen molar-refractivity contribution in [3.05, 3.63) is 41.5 Å². The molecule has 5 aliphatic rings. The Hall–Kier alpha value is -9.31. The number of ether oxygens (including phenoxy) is 9. The number of carbonyl (C=O) groups is 15. The van der Waals surface area contributed by atoms with E-state index in [1.54, 1.807) is 0 Å². The highest BCUT2D eigenvalue weighted by molar-refractivity contribution is 6.13. The van der Waals surface area contributed by atoms with E-state index in [-0.39, 0.29) is 265 Å². The van der Waals surface area contributed by atoms with E-state index >= 15 is 0 Å². The minimum atomic E-state index is -1.07. The summed E-state index contributed by atoms with van der Waals surface area (Å²) in [6.45, 7) is 29.5. The van der Waals surface area contributed by atoms with Crippen molar-refractivity contribution >= 4 is 88.6 Å². The van der Waals surface area contributed by atoms with E-state index < -0.39 is 78.7 Å². The fraction of sp³-hybridized carbons (Fsp3) is 0.763.